The summed E-state index contributed by atoms with van der Waals surface area (Å²) in [6.45, 7) is 3.02. The van der Waals surface area contributed by atoms with E-state index in [1.54, 1.807) is 12.1 Å². The van der Waals surface area contributed by atoms with Crippen LogP contribution in [0.15, 0.2) is 48.5 Å². The second kappa shape index (κ2) is 11.2. The quantitative estimate of drug-likeness (QED) is 0.548. The van der Waals surface area contributed by atoms with Gasteiger partial charge >= 0.3 is 6.03 Å². The fraction of sp³-hybridized carbons (Fsp3) is 0.333. The van der Waals surface area contributed by atoms with E-state index in [1.807, 2.05) is 43.3 Å². The molecule has 2 aromatic carbocycles. The average molecular weight is 388 g/mol. The zero-order valence-corrected chi connectivity index (χ0v) is 16.3. The van der Waals surface area contributed by atoms with Crippen molar-refractivity contribution in [1.29, 1.82) is 0 Å². The van der Waals surface area contributed by atoms with Gasteiger partial charge in [0.2, 0.25) is 5.91 Å². The number of unbranched alkanes of at least 4 members (excludes halogenated alkanes) is 2. The Labute approximate surface area is 165 Å². The summed E-state index contributed by atoms with van der Waals surface area (Å²) in [5.74, 6) is 0.0259. The zero-order chi connectivity index (χ0) is 19.5. The smallest absolute Gasteiger partial charge is 0.315 e. The summed E-state index contributed by atoms with van der Waals surface area (Å²) in [5.41, 5.74) is 2.91. The predicted molar refractivity (Wildman–Crippen MR) is 110 cm³/mol. The van der Waals surface area contributed by atoms with E-state index in [2.05, 4.69) is 16.0 Å². The molecule has 0 saturated carbocycles. The van der Waals surface area contributed by atoms with Crippen molar-refractivity contribution in [2.75, 3.05) is 11.9 Å². The molecule has 0 atom stereocenters. The molecule has 0 aliphatic rings. The van der Waals surface area contributed by atoms with Crippen molar-refractivity contribution in [2.24, 2.45) is 0 Å². The highest BCUT2D eigenvalue weighted by Crippen LogP contribution is 2.14. The summed E-state index contributed by atoms with van der Waals surface area (Å²) in [6.07, 6.45) is 3.01. The zero-order valence-electron chi connectivity index (χ0n) is 15.6. The average Bonchev–Trinajstić information content (AvgIpc) is 2.66. The molecule has 0 aromatic heterocycles. The first-order valence-electron chi connectivity index (χ1n) is 9.16. The van der Waals surface area contributed by atoms with E-state index in [4.69, 9.17) is 11.6 Å². The molecule has 6 heteroatoms. The Morgan fingerprint density at radius 2 is 1.67 bits per heavy atom. The van der Waals surface area contributed by atoms with Gasteiger partial charge in [-0.05, 0) is 49.1 Å². The number of rotatable bonds is 9. The number of urea groups is 1. The summed E-state index contributed by atoms with van der Waals surface area (Å²) < 4.78 is 0. The van der Waals surface area contributed by atoms with Crippen molar-refractivity contribution in [3.8, 4) is 0 Å². The Morgan fingerprint density at radius 1 is 0.926 bits per heavy atom. The number of carbonyl (C=O) groups is 2. The molecule has 0 saturated heterocycles. The number of nitrogens with one attached hydrogen (secondary N) is 3. The van der Waals surface area contributed by atoms with Gasteiger partial charge in [-0.3, -0.25) is 4.79 Å². The van der Waals surface area contributed by atoms with Crippen LogP contribution in [0.5, 0.6) is 0 Å². The molecule has 0 unspecified atom stereocenters. The summed E-state index contributed by atoms with van der Waals surface area (Å²) in [5, 5.41) is 9.23. The number of benzene rings is 2. The molecule has 144 valence electrons. The number of anilines is 1. The summed E-state index contributed by atoms with van der Waals surface area (Å²) in [7, 11) is 0. The molecule has 5 nitrogen and oxygen atoms in total. The van der Waals surface area contributed by atoms with Crippen molar-refractivity contribution in [3.63, 3.8) is 0 Å². The molecule has 0 radical (unpaired) electrons. The van der Waals surface area contributed by atoms with Crippen LogP contribution in [0, 0.1) is 6.92 Å². The summed E-state index contributed by atoms with van der Waals surface area (Å²) in [4.78, 5) is 23.7. The number of halogens is 1. The molecule has 0 bridgehead atoms. The predicted octanol–water partition coefficient (Wildman–Crippen LogP) is 4.65. The van der Waals surface area contributed by atoms with E-state index in [9.17, 15) is 9.59 Å². The number of aryl methyl sites for hydroxylation is 1. The van der Waals surface area contributed by atoms with E-state index in [0.29, 0.717) is 24.5 Å². The normalized spacial score (nSPS) is 10.3. The third-order valence-electron chi connectivity index (χ3n) is 4.15. The maximum absolute atomic E-state index is 11.9. The van der Waals surface area contributed by atoms with Gasteiger partial charge in [-0.25, -0.2) is 4.79 Å². The van der Waals surface area contributed by atoms with Crippen molar-refractivity contribution >= 4 is 29.2 Å². The molecular formula is C21H26ClN3O2. The molecule has 27 heavy (non-hydrogen) atoms. The van der Waals surface area contributed by atoms with E-state index in [1.165, 1.54) is 0 Å². The lowest BCUT2D eigenvalue weighted by Gasteiger charge is -2.09. The number of hydrogen-bond donors (Lipinski definition) is 3. The van der Waals surface area contributed by atoms with Crippen molar-refractivity contribution in [2.45, 2.75) is 39.2 Å². The van der Waals surface area contributed by atoms with Crippen LogP contribution in [0.25, 0.3) is 0 Å². The fourth-order valence-electron chi connectivity index (χ4n) is 2.56. The van der Waals surface area contributed by atoms with Gasteiger partial charge in [0.05, 0.1) is 0 Å². The summed E-state index contributed by atoms with van der Waals surface area (Å²) in [6, 6.07) is 14.9. The molecule has 2 aromatic rings. The maximum Gasteiger partial charge on any atom is 0.315 e. The lowest BCUT2D eigenvalue weighted by molar-refractivity contribution is -0.116. The second-order valence-corrected chi connectivity index (χ2v) is 6.85. The third-order valence-corrected chi connectivity index (χ3v) is 4.40. The second-order valence-electron chi connectivity index (χ2n) is 6.41. The molecule has 0 aliphatic heterocycles. The van der Waals surface area contributed by atoms with Crippen LogP contribution in [0.1, 0.15) is 36.8 Å². The van der Waals surface area contributed by atoms with Crippen molar-refractivity contribution in [1.82, 2.24) is 10.6 Å². The van der Waals surface area contributed by atoms with Gasteiger partial charge in [-0.1, -0.05) is 48.4 Å². The van der Waals surface area contributed by atoms with Gasteiger partial charge in [-0.2, -0.15) is 0 Å². The first-order chi connectivity index (χ1) is 13.0. The van der Waals surface area contributed by atoms with E-state index < -0.39 is 0 Å². The lowest BCUT2D eigenvalue weighted by atomic mass is 10.1. The molecule has 0 fully saturated rings. The molecule has 3 N–H and O–H groups in total. The molecule has 2 rings (SSSR count). The van der Waals surface area contributed by atoms with Crippen LogP contribution < -0.4 is 16.0 Å². The SMILES string of the molecule is Cc1ccccc1NC(=O)CCCCCNC(=O)NCc1ccc(Cl)cc1. The Morgan fingerprint density at radius 3 is 2.41 bits per heavy atom. The van der Waals surface area contributed by atoms with Gasteiger partial charge in [0.1, 0.15) is 0 Å². The highest BCUT2D eigenvalue weighted by Gasteiger charge is 2.04. The number of para-hydroxylation sites is 1. The van der Waals surface area contributed by atoms with Gasteiger partial charge in [0.15, 0.2) is 0 Å². The third kappa shape index (κ3) is 8.13. The topological polar surface area (TPSA) is 70.2 Å². The lowest BCUT2D eigenvalue weighted by Crippen LogP contribution is -2.35. The van der Waals surface area contributed by atoms with Crippen LogP contribution in [0.2, 0.25) is 5.02 Å². The summed E-state index contributed by atoms with van der Waals surface area (Å²) >= 11 is 5.83. The number of amides is 3. The van der Waals surface area contributed by atoms with E-state index in [-0.39, 0.29) is 11.9 Å². The Bertz CT molecular complexity index is 747. The molecule has 0 heterocycles. The minimum absolute atomic E-state index is 0.0259. The van der Waals surface area contributed by atoms with Gasteiger partial charge in [0, 0.05) is 30.2 Å². The van der Waals surface area contributed by atoms with Crippen molar-refractivity contribution < 1.29 is 9.59 Å². The Balaban J connectivity index is 1.51. The van der Waals surface area contributed by atoms with Gasteiger partial charge in [0.25, 0.3) is 0 Å². The van der Waals surface area contributed by atoms with Crippen LogP contribution >= 0.6 is 11.6 Å². The monoisotopic (exact) mass is 387 g/mol. The maximum atomic E-state index is 11.9. The standard InChI is InChI=1S/C21H26ClN3O2/c1-16-7-4-5-8-19(16)25-20(26)9-3-2-6-14-23-21(27)24-15-17-10-12-18(22)13-11-17/h4-5,7-8,10-13H,2-3,6,9,14-15H2,1H3,(H,25,26)(H2,23,24,27). The highest BCUT2D eigenvalue weighted by molar-refractivity contribution is 6.30. The molecule has 0 aliphatic carbocycles. The van der Waals surface area contributed by atoms with Crippen LogP contribution in [0.4, 0.5) is 10.5 Å². The highest BCUT2D eigenvalue weighted by atomic mass is 35.5. The van der Waals surface area contributed by atoms with Gasteiger partial charge < -0.3 is 16.0 Å². The van der Waals surface area contributed by atoms with Crippen molar-refractivity contribution in [3.05, 3.63) is 64.7 Å². The van der Waals surface area contributed by atoms with Crippen LogP contribution in [-0.4, -0.2) is 18.5 Å². The molecule has 0 spiro atoms. The van der Waals surface area contributed by atoms with Crippen LogP contribution in [-0.2, 0) is 11.3 Å². The Hall–Kier alpha value is -2.53. The van der Waals surface area contributed by atoms with Gasteiger partial charge in [-0.15, -0.1) is 0 Å². The minimum Gasteiger partial charge on any atom is -0.338 e. The molecule has 3 amide bonds. The first kappa shape index (κ1) is 20.8. The number of carbonyl (C=O) groups excluding carboxylic acids is 2. The van der Waals surface area contributed by atoms with Crippen LogP contribution in [0.3, 0.4) is 0 Å². The largest absolute Gasteiger partial charge is 0.338 e. The Kier molecular flexibility index (Phi) is 8.65. The fourth-order valence-corrected chi connectivity index (χ4v) is 2.69. The van der Waals surface area contributed by atoms with E-state index in [0.717, 1.165) is 36.1 Å². The minimum atomic E-state index is -0.192. The first-order valence-corrected chi connectivity index (χ1v) is 9.54. The number of hydrogen-bond acceptors (Lipinski definition) is 2. The molecular weight excluding hydrogens is 362 g/mol. The van der Waals surface area contributed by atoms with E-state index >= 15 is 0 Å².